The van der Waals surface area contributed by atoms with Crippen LogP contribution >= 0.6 is 0 Å². The highest BCUT2D eigenvalue weighted by atomic mass is 16.5. The highest BCUT2D eigenvalue weighted by molar-refractivity contribution is 5.33. The minimum atomic E-state index is -0.191. The largest absolute Gasteiger partial charge is 0.365 e. The van der Waals surface area contributed by atoms with E-state index < -0.39 is 0 Å². The molecule has 1 aliphatic carbocycles. The Morgan fingerprint density at radius 1 is 1.31 bits per heavy atom. The van der Waals surface area contributed by atoms with Crippen LogP contribution in [-0.4, -0.2) is 25.8 Å². The van der Waals surface area contributed by atoms with Gasteiger partial charge in [0.2, 0.25) is 0 Å². The van der Waals surface area contributed by atoms with Gasteiger partial charge in [-0.2, -0.15) is 0 Å². The Hall–Kier alpha value is -0.780. The Kier molecular flexibility index (Phi) is 4.04. The van der Waals surface area contributed by atoms with E-state index in [1.807, 2.05) is 0 Å². The second-order valence-corrected chi connectivity index (χ2v) is 4.67. The van der Waals surface area contributed by atoms with E-state index in [1.54, 1.807) is 7.11 Å². The predicted molar refractivity (Wildman–Crippen MR) is 66.2 cm³/mol. The molecule has 1 fully saturated rings. The molecule has 2 aliphatic rings. The summed E-state index contributed by atoms with van der Waals surface area (Å²) in [7, 11) is 1.79. The van der Waals surface area contributed by atoms with Gasteiger partial charge in [-0.3, -0.25) is 0 Å². The second-order valence-electron chi connectivity index (χ2n) is 4.67. The van der Waals surface area contributed by atoms with Crippen molar-refractivity contribution in [1.82, 2.24) is 5.32 Å². The van der Waals surface area contributed by atoms with E-state index in [2.05, 4.69) is 23.2 Å². The summed E-state index contributed by atoms with van der Waals surface area (Å²) >= 11 is 0. The quantitative estimate of drug-likeness (QED) is 0.683. The molecule has 0 aromatic carbocycles. The van der Waals surface area contributed by atoms with E-state index in [9.17, 15) is 0 Å². The van der Waals surface area contributed by atoms with Crippen LogP contribution in [0.2, 0.25) is 0 Å². The highest BCUT2D eigenvalue weighted by Gasteiger charge is 2.29. The van der Waals surface area contributed by atoms with Gasteiger partial charge in [-0.25, -0.2) is 0 Å². The third-order valence-electron chi connectivity index (χ3n) is 3.54. The van der Waals surface area contributed by atoms with Gasteiger partial charge in [0.25, 0.3) is 0 Å². The molecule has 2 heteroatoms. The number of rotatable bonds is 1. The van der Waals surface area contributed by atoms with Gasteiger partial charge in [0, 0.05) is 20.0 Å². The molecule has 0 aromatic rings. The lowest BCUT2D eigenvalue weighted by Gasteiger charge is -2.31. The molecular formula is C14H21NO. The molecule has 1 N–H and O–H groups in total. The Bertz CT molecular complexity index is 315. The summed E-state index contributed by atoms with van der Waals surface area (Å²) in [6.07, 6.45) is 9.28. The topological polar surface area (TPSA) is 21.3 Å². The predicted octanol–water partition coefficient (Wildman–Crippen LogP) is 2.26. The van der Waals surface area contributed by atoms with Gasteiger partial charge in [-0.1, -0.05) is 17.9 Å². The van der Waals surface area contributed by atoms with Gasteiger partial charge in [0.1, 0.15) is 5.60 Å². The maximum absolute atomic E-state index is 5.63. The molecule has 2 rings (SSSR count). The molecule has 16 heavy (non-hydrogen) atoms. The molecule has 1 aliphatic heterocycles. The number of nitrogens with one attached hydrogen (secondary N) is 1. The van der Waals surface area contributed by atoms with E-state index in [1.165, 1.54) is 24.8 Å². The third-order valence-corrected chi connectivity index (χ3v) is 3.54. The van der Waals surface area contributed by atoms with E-state index in [4.69, 9.17) is 4.74 Å². The standard InChI is InChI=1S/C14H21NO/c1-16-14(9-11-15-12-10-14)8-7-13-5-3-2-4-6-13/h5,15H,2-4,6,9-12H2,1H3. The summed E-state index contributed by atoms with van der Waals surface area (Å²) in [5, 5.41) is 3.35. The molecule has 0 unspecified atom stereocenters. The lowest BCUT2D eigenvalue weighted by Crippen LogP contribution is -2.42. The fraction of sp³-hybridized carbons (Fsp3) is 0.714. The van der Waals surface area contributed by atoms with Gasteiger partial charge in [0.15, 0.2) is 0 Å². The number of hydrogen-bond donors (Lipinski definition) is 1. The van der Waals surface area contributed by atoms with Crippen LogP contribution in [0.5, 0.6) is 0 Å². The molecule has 0 amide bonds. The van der Waals surface area contributed by atoms with Crippen molar-refractivity contribution in [3.8, 4) is 11.8 Å². The Balaban J connectivity index is 2.05. The smallest absolute Gasteiger partial charge is 0.131 e. The lowest BCUT2D eigenvalue weighted by atomic mass is 9.91. The summed E-state index contributed by atoms with van der Waals surface area (Å²) in [4.78, 5) is 0. The first kappa shape index (κ1) is 11.7. The zero-order valence-corrected chi connectivity index (χ0v) is 10.1. The van der Waals surface area contributed by atoms with Crippen molar-refractivity contribution in [3.05, 3.63) is 11.6 Å². The molecular weight excluding hydrogens is 198 g/mol. The van der Waals surface area contributed by atoms with Crippen LogP contribution in [0.3, 0.4) is 0 Å². The maximum Gasteiger partial charge on any atom is 0.131 e. The zero-order chi connectivity index (χ0) is 11.3. The van der Waals surface area contributed by atoms with Crippen molar-refractivity contribution in [2.45, 2.75) is 44.1 Å². The molecule has 0 atom stereocenters. The van der Waals surface area contributed by atoms with Crippen molar-refractivity contribution >= 4 is 0 Å². The fourth-order valence-corrected chi connectivity index (χ4v) is 2.36. The number of methoxy groups -OCH3 is 1. The fourth-order valence-electron chi connectivity index (χ4n) is 2.36. The second kappa shape index (κ2) is 5.52. The van der Waals surface area contributed by atoms with E-state index in [0.717, 1.165) is 32.4 Å². The van der Waals surface area contributed by atoms with Gasteiger partial charge < -0.3 is 10.1 Å². The minimum Gasteiger partial charge on any atom is -0.365 e. The normalized spacial score (nSPS) is 24.2. The van der Waals surface area contributed by atoms with Gasteiger partial charge in [0.05, 0.1) is 0 Å². The summed E-state index contributed by atoms with van der Waals surface area (Å²) in [6.45, 7) is 2.03. The van der Waals surface area contributed by atoms with E-state index >= 15 is 0 Å². The average molecular weight is 219 g/mol. The summed E-state index contributed by atoms with van der Waals surface area (Å²) in [5.41, 5.74) is 1.13. The van der Waals surface area contributed by atoms with Crippen LogP contribution in [0.25, 0.3) is 0 Å². The molecule has 0 aromatic heterocycles. The molecule has 0 saturated carbocycles. The van der Waals surface area contributed by atoms with Gasteiger partial charge in [-0.15, -0.1) is 0 Å². The van der Waals surface area contributed by atoms with Crippen LogP contribution in [0.1, 0.15) is 38.5 Å². The molecule has 0 bridgehead atoms. The number of hydrogen-bond acceptors (Lipinski definition) is 2. The molecule has 1 saturated heterocycles. The van der Waals surface area contributed by atoms with Crippen molar-refractivity contribution < 1.29 is 4.74 Å². The summed E-state index contributed by atoms with van der Waals surface area (Å²) < 4.78 is 5.63. The first-order valence-corrected chi connectivity index (χ1v) is 6.33. The van der Waals surface area contributed by atoms with E-state index in [0.29, 0.717) is 0 Å². The molecule has 1 heterocycles. The van der Waals surface area contributed by atoms with Crippen molar-refractivity contribution in [2.75, 3.05) is 20.2 Å². The first-order valence-electron chi connectivity index (χ1n) is 6.33. The van der Waals surface area contributed by atoms with Crippen LogP contribution in [0.4, 0.5) is 0 Å². The van der Waals surface area contributed by atoms with Crippen LogP contribution in [0, 0.1) is 11.8 Å². The Morgan fingerprint density at radius 3 is 2.75 bits per heavy atom. The van der Waals surface area contributed by atoms with Crippen molar-refractivity contribution in [3.63, 3.8) is 0 Å². The summed E-state index contributed by atoms with van der Waals surface area (Å²) in [6, 6.07) is 0. The minimum absolute atomic E-state index is 0.191. The first-order chi connectivity index (χ1) is 7.85. The molecule has 0 spiro atoms. The van der Waals surface area contributed by atoms with E-state index in [-0.39, 0.29) is 5.60 Å². The maximum atomic E-state index is 5.63. The van der Waals surface area contributed by atoms with Crippen LogP contribution in [-0.2, 0) is 4.74 Å². The zero-order valence-electron chi connectivity index (χ0n) is 10.1. The number of allylic oxidation sites excluding steroid dienone is 2. The van der Waals surface area contributed by atoms with Crippen LogP contribution in [0.15, 0.2) is 11.6 Å². The van der Waals surface area contributed by atoms with Crippen molar-refractivity contribution in [1.29, 1.82) is 0 Å². The lowest BCUT2D eigenvalue weighted by molar-refractivity contribution is 0.0159. The molecule has 0 radical (unpaired) electrons. The SMILES string of the molecule is COC1(C#CC2=CCCCC2)CCNCC1. The van der Waals surface area contributed by atoms with Crippen molar-refractivity contribution in [2.24, 2.45) is 0 Å². The third kappa shape index (κ3) is 2.87. The molecule has 2 nitrogen and oxygen atoms in total. The average Bonchev–Trinajstić information content (AvgIpc) is 2.39. The highest BCUT2D eigenvalue weighted by Crippen LogP contribution is 2.22. The summed E-state index contributed by atoms with van der Waals surface area (Å²) in [5.74, 6) is 6.72. The number of piperidine rings is 1. The Labute approximate surface area is 98.4 Å². The van der Waals surface area contributed by atoms with Gasteiger partial charge >= 0.3 is 0 Å². The Morgan fingerprint density at radius 2 is 2.12 bits per heavy atom. The van der Waals surface area contributed by atoms with Gasteiger partial charge in [-0.05, 0) is 44.3 Å². The monoisotopic (exact) mass is 219 g/mol. The number of ether oxygens (including phenoxy) is 1. The van der Waals surface area contributed by atoms with Crippen LogP contribution < -0.4 is 5.32 Å². The molecule has 88 valence electrons.